The standard InChI is InChI=1S/C28H29N3O2/c1-28(2)20-15-21(28)27(33)24-19(12-16-6-4-3-5-7-16)25(31-26(20)24)18-10-11-29-22(14-18)30-23(32)13-17-8-9-17/h3-7,10-11,14,17,20-21,31H,8-9,12-13,15H2,1-2H3,(H,29,30,32)/t20-,21+/m1/s1. The number of nitrogens with zero attached hydrogens (tertiary/aromatic N) is 1. The summed E-state index contributed by atoms with van der Waals surface area (Å²) in [7, 11) is 0. The molecule has 2 atom stereocenters. The first kappa shape index (κ1) is 20.4. The Hall–Kier alpha value is -3.21. The molecule has 3 aromatic rings. The lowest BCUT2D eigenvalue weighted by molar-refractivity contribution is -0.116. The number of aromatic amines is 1. The van der Waals surface area contributed by atoms with E-state index in [-0.39, 0.29) is 23.0 Å². The van der Waals surface area contributed by atoms with Crippen LogP contribution in [0.4, 0.5) is 5.82 Å². The maximum Gasteiger partial charge on any atom is 0.225 e. The molecule has 0 aliphatic heterocycles. The normalized spacial score (nSPS) is 22.4. The molecule has 0 radical (unpaired) electrons. The van der Waals surface area contributed by atoms with Crippen LogP contribution in [0.5, 0.6) is 0 Å². The molecule has 5 nitrogen and oxygen atoms in total. The molecule has 2 bridgehead atoms. The summed E-state index contributed by atoms with van der Waals surface area (Å²) in [5.74, 6) is 1.86. The molecule has 4 aliphatic rings. The van der Waals surface area contributed by atoms with Crippen molar-refractivity contribution in [3.8, 4) is 11.3 Å². The van der Waals surface area contributed by atoms with Crippen LogP contribution in [0.1, 0.15) is 72.6 Å². The number of pyridine rings is 1. The van der Waals surface area contributed by atoms with Crippen LogP contribution in [0.25, 0.3) is 11.3 Å². The van der Waals surface area contributed by atoms with Crippen LogP contribution in [-0.2, 0) is 11.2 Å². The van der Waals surface area contributed by atoms with Crippen LogP contribution >= 0.6 is 0 Å². The topological polar surface area (TPSA) is 74.8 Å². The highest BCUT2D eigenvalue weighted by Crippen LogP contribution is 2.62. The summed E-state index contributed by atoms with van der Waals surface area (Å²) < 4.78 is 0. The molecule has 2 N–H and O–H groups in total. The van der Waals surface area contributed by atoms with E-state index in [2.05, 4.69) is 41.3 Å². The third kappa shape index (κ3) is 3.41. The third-order valence-corrected chi connectivity index (χ3v) is 8.02. The molecule has 0 unspecified atom stereocenters. The summed E-state index contributed by atoms with van der Waals surface area (Å²) in [4.78, 5) is 33.9. The zero-order chi connectivity index (χ0) is 22.7. The fraction of sp³-hybridized carbons (Fsp3) is 0.393. The Labute approximate surface area is 194 Å². The summed E-state index contributed by atoms with van der Waals surface area (Å²) in [6, 6.07) is 14.2. The van der Waals surface area contributed by atoms with Gasteiger partial charge in [0.15, 0.2) is 5.78 Å². The van der Waals surface area contributed by atoms with Crippen LogP contribution in [0, 0.1) is 17.3 Å². The van der Waals surface area contributed by atoms with Crippen LogP contribution in [0.2, 0.25) is 0 Å². The minimum atomic E-state index is -0.00356. The highest BCUT2D eigenvalue weighted by molar-refractivity contribution is 6.05. The Morgan fingerprint density at radius 1 is 1.15 bits per heavy atom. The molecule has 33 heavy (non-hydrogen) atoms. The van der Waals surface area contributed by atoms with E-state index in [0.29, 0.717) is 30.5 Å². The lowest BCUT2D eigenvalue weighted by Crippen LogP contribution is -2.51. The van der Waals surface area contributed by atoms with Crippen LogP contribution < -0.4 is 5.32 Å². The molecule has 2 heterocycles. The predicted octanol–water partition coefficient (Wildman–Crippen LogP) is 5.73. The molecule has 0 spiro atoms. The number of benzene rings is 1. The monoisotopic (exact) mass is 439 g/mol. The summed E-state index contributed by atoms with van der Waals surface area (Å²) >= 11 is 0. The number of anilines is 1. The van der Waals surface area contributed by atoms with Gasteiger partial charge in [0.05, 0.1) is 5.69 Å². The summed E-state index contributed by atoms with van der Waals surface area (Å²) in [5.41, 5.74) is 6.15. The Morgan fingerprint density at radius 2 is 1.94 bits per heavy atom. The minimum Gasteiger partial charge on any atom is -0.357 e. The summed E-state index contributed by atoms with van der Waals surface area (Å²) in [6.07, 6.45) is 6.21. The van der Waals surface area contributed by atoms with Crippen molar-refractivity contribution in [3.63, 3.8) is 0 Å². The third-order valence-electron chi connectivity index (χ3n) is 8.02. The maximum atomic E-state index is 13.6. The van der Waals surface area contributed by atoms with E-state index in [1.807, 2.05) is 30.3 Å². The van der Waals surface area contributed by atoms with Crippen molar-refractivity contribution < 1.29 is 9.59 Å². The Kier molecular flexibility index (Phi) is 4.58. The van der Waals surface area contributed by atoms with Crippen LogP contribution in [-0.4, -0.2) is 21.7 Å². The zero-order valence-electron chi connectivity index (χ0n) is 19.2. The van der Waals surface area contributed by atoms with Crippen molar-refractivity contribution in [3.05, 3.63) is 71.0 Å². The summed E-state index contributed by atoms with van der Waals surface area (Å²) in [5, 5.41) is 2.96. The number of hydrogen-bond acceptors (Lipinski definition) is 3. The zero-order valence-corrected chi connectivity index (χ0v) is 19.2. The number of rotatable bonds is 6. The Balaban J connectivity index is 1.41. The Bertz CT molecular complexity index is 1250. The van der Waals surface area contributed by atoms with Gasteiger partial charge in [0.1, 0.15) is 5.82 Å². The molecule has 1 amide bonds. The van der Waals surface area contributed by atoms with Crippen LogP contribution in [0.15, 0.2) is 48.7 Å². The second-order valence-corrected chi connectivity index (χ2v) is 10.6. The van der Waals surface area contributed by atoms with Gasteiger partial charge in [-0.05, 0) is 53.9 Å². The number of aromatic nitrogens is 2. The van der Waals surface area contributed by atoms with E-state index >= 15 is 0 Å². The largest absolute Gasteiger partial charge is 0.357 e. The van der Waals surface area contributed by atoms with Gasteiger partial charge in [-0.2, -0.15) is 0 Å². The fourth-order valence-corrected chi connectivity index (χ4v) is 5.79. The number of carbonyl (C=O) groups excluding carboxylic acids is 2. The second kappa shape index (κ2) is 7.41. The lowest BCUT2D eigenvalue weighted by Gasteiger charge is -2.54. The molecular formula is C28H29N3O2. The molecule has 2 saturated carbocycles. The van der Waals surface area contributed by atoms with E-state index in [4.69, 9.17) is 0 Å². The molecule has 0 saturated heterocycles. The molecular weight excluding hydrogens is 410 g/mol. The van der Waals surface area contributed by atoms with Gasteiger partial charge in [0.25, 0.3) is 0 Å². The number of ketones is 1. The van der Waals surface area contributed by atoms with E-state index in [1.165, 1.54) is 5.56 Å². The molecule has 5 heteroatoms. The first-order valence-corrected chi connectivity index (χ1v) is 12.0. The highest BCUT2D eigenvalue weighted by atomic mass is 16.1. The van der Waals surface area contributed by atoms with E-state index in [0.717, 1.165) is 47.3 Å². The molecule has 2 fully saturated rings. The minimum absolute atomic E-state index is 0.00356. The van der Waals surface area contributed by atoms with E-state index < -0.39 is 0 Å². The molecule has 168 valence electrons. The van der Waals surface area contributed by atoms with Gasteiger partial charge in [0.2, 0.25) is 5.91 Å². The quantitative estimate of drug-likeness (QED) is 0.515. The number of H-pyrrole nitrogens is 1. The lowest BCUT2D eigenvalue weighted by atomic mass is 9.48. The van der Waals surface area contributed by atoms with E-state index in [9.17, 15) is 9.59 Å². The number of carbonyl (C=O) groups is 2. The van der Waals surface area contributed by atoms with Gasteiger partial charge in [-0.1, -0.05) is 44.2 Å². The van der Waals surface area contributed by atoms with Gasteiger partial charge < -0.3 is 10.3 Å². The first-order chi connectivity index (χ1) is 15.9. The SMILES string of the molecule is CC1(C)[C@@H]2C[C@H]1C(=O)c1c2[nH]c(-c2ccnc(NC(=O)CC3CC3)c2)c1Cc1ccccc1. The van der Waals surface area contributed by atoms with Crippen molar-refractivity contribution in [2.45, 2.75) is 51.9 Å². The first-order valence-electron chi connectivity index (χ1n) is 12.0. The number of Topliss-reactive ketones (excluding diaryl/α,β-unsaturated/α-hetero) is 1. The highest BCUT2D eigenvalue weighted by Gasteiger charge is 2.58. The fourth-order valence-electron chi connectivity index (χ4n) is 5.79. The maximum absolute atomic E-state index is 13.6. The second-order valence-electron chi connectivity index (χ2n) is 10.6. The Morgan fingerprint density at radius 3 is 2.67 bits per heavy atom. The molecule has 2 aromatic heterocycles. The van der Waals surface area contributed by atoms with E-state index in [1.54, 1.807) is 6.20 Å². The van der Waals surface area contributed by atoms with Gasteiger partial charge >= 0.3 is 0 Å². The van der Waals surface area contributed by atoms with Crippen LogP contribution in [0.3, 0.4) is 0 Å². The average Bonchev–Trinajstić information content (AvgIpc) is 3.52. The van der Waals surface area contributed by atoms with Crippen molar-refractivity contribution in [1.82, 2.24) is 9.97 Å². The molecule has 1 aromatic carbocycles. The van der Waals surface area contributed by atoms with Crippen molar-refractivity contribution in [1.29, 1.82) is 0 Å². The van der Waals surface area contributed by atoms with Gasteiger partial charge in [-0.3, -0.25) is 9.59 Å². The number of hydrogen-bond donors (Lipinski definition) is 2. The van der Waals surface area contributed by atoms with Gasteiger partial charge in [0, 0.05) is 47.7 Å². The van der Waals surface area contributed by atoms with Crippen molar-refractivity contribution >= 4 is 17.5 Å². The molecule has 4 aliphatic carbocycles. The van der Waals surface area contributed by atoms with Gasteiger partial charge in [-0.15, -0.1) is 0 Å². The molecule has 7 rings (SSSR count). The summed E-state index contributed by atoms with van der Waals surface area (Å²) in [6.45, 7) is 4.42. The number of amides is 1. The van der Waals surface area contributed by atoms with Crippen molar-refractivity contribution in [2.75, 3.05) is 5.32 Å². The van der Waals surface area contributed by atoms with Crippen molar-refractivity contribution in [2.24, 2.45) is 17.3 Å². The smallest absolute Gasteiger partial charge is 0.225 e. The average molecular weight is 440 g/mol. The van der Waals surface area contributed by atoms with Gasteiger partial charge in [-0.25, -0.2) is 4.98 Å². The number of nitrogens with one attached hydrogen (secondary N) is 2. The predicted molar refractivity (Wildman–Crippen MR) is 128 cm³/mol.